The van der Waals surface area contributed by atoms with Crippen LogP contribution in [0.1, 0.15) is 43.0 Å². The lowest BCUT2D eigenvalue weighted by Gasteiger charge is -2.35. The molecule has 0 saturated carbocycles. The SMILES string of the molecule is CCCCCN(CCN1CCN(CCCOc2ccc(C(=O)O)cn2)CC1)S(=O)(=O)c1cccc2c(N(C)C)cccc12. The molecule has 0 radical (unpaired) electrons. The van der Waals surface area contributed by atoms with Crippen molar-refractivity contribution in [3.8, 4) is 5.88 Å². The normalized spacial score (nSPS) is 14.8. The van der Waals surface area contributed by atoms with Gasteiger partial charge in [0.25, 0.3) is 0 Å². The van der Waals surface area contributed by atoms with Gasteiger partial charge in [0.1, 0.15) is 0 Å². The number of carboxylic acid groups (broad SMARTS) is 1. The summed E-state index contributed by atoms with van der Waals surface area (Å²) in [4.78, 5) is 22.1. The molecule has 1 saturated heterocycles. The molecule has 1 N–H and O–H groups in total. The summed E-state index contributed by atoms with van der Waals surface area (Å²) in [6, 6.07) is 14.5. The minimum atomic E-state index is -3.68. The standard InChI is InChI=1S/C32H45N5O5S/c1-4-5-6-17-37(43(40,41)30-13-8-10-27-28(30)11-7-12-29(27)34(2)3)23-22-36-20-18-35(19-21-36)16-9-24-42-31-15-14-26(25-33-31)32(38)39/h7-8,10-15,25H,4-6,9,16-24H2,1-3H3,(H,38,39). The number of pyridine rings is 1. The van der Waals surface area contributed by atoms with E-state index in [0.29, 0.717) is 37.0 Å². The number of fused-ring (bicyclic) bond motifs is 1. The van der Waals surface area contributed by atoms with E-state index in [9.17, 15) is 13.2 Å². The molecule has 0 bridgehead atoms. The Hall–Kier alpha value is -3.25. The first-order chi connectivity index (χ1) is 20.7. The molecule has 1 fully saturated rings. The number of carboxylic acids is 1. The van der Waals surface area contributed by atoms with Crippen LogP contribution in [0.2, 0.25) is 0 Å². The molecule has 2 aromatic carbocycles. The Bertz CT molecular complexity index is 1440. The summed E-state index contributed by atoms with van der Waals surface area (Å²) in [5.41, 5.74) is 1.14. The van der Waals surface area contributed by atoms with Gasteiger partial charge in [-0.25, -0.2) is 18.2 Å². The van der Waals surface area contributed by atoms with E-state index in [1.165, 1.54) is 12.3 Å². The molecular formula is C32H45N5O5S. The highest BCUT2D eigenvalue weighted by Crippen LogP contribution is 2.31. The first-order valence-electron chi connectivity index (χ1n) is 15.2. The molecule has 0 spiro atoms. The van der Waals surface area contributed by atoms with E-state index in [0.717, 1.165) is 74.9 Å². The molecule has 11 heteroatoms. The number of unbranched alkanes of at least 4 members (excludes halogenated alkanes) is 2. The molecule has 1 aliphatic rings. The van der Waals surface area contributed by atoms with Crippen LogP contribution in [-0.2, 0) is 10.0 Å². The number of anilines is 1. The van der Waals surface area contributed by atoms with Gasteiger partial charge in [-0.05, 0) is 31.0 Å². The summed E-state index contributed by atoms with van der Waals surface area (Å²) in [5.74, 6) is -0.581. The number of aromatic nitrogens is 1. The molecule has 2 heterocycles. The minimum absolute atomic E-state index is 0.138. The van der Waals surface area contributed by atoms with Crippen molar-refractivity contribution < 1.29 is 23.1 Å². The van der Waals surface area contributed by atoms with E-state index in [-0.39, 0.29) is 5.56 Å². The van der Waals surface area contributed by atoms with Gasteiger partial charge in [-0.1, -0.05) is 44.0 Å². The van der Waals surface area contributed by atoms with Crippen LogP contribution < -0.4 is 9.64 Å². The molecule has 234 valence electrons. The molecular weight excluding hydrogens is 566 g/mol. The van der Waals surface area contributed by atoms with Crippen molar-refractivity contribution in [2.45, 2.75) is 37.5 Å². The molecule has 3 aromatic rings. The minimum Gasteiger partial charge on any atom is -0.478 e. The van der Waals surface area contributed by atoms with Crippen LogP contribution in [0, 0.1) is 0 Å². The third kappa shape index (κ3) is 8.66. The predicted octanol–water partition coefficient (Wildman–Crippen LogP) is 4.27. The van der Waals surface area contributed by atoms with Gasteiger partial charge in [0.15, 0.2) is 0 Å². The van der Waals surface area contributed by atoms with Crippen molar-refractivity contribution in [1.82, 2.24) is 19.1 Å². The van der Waals surface area contributed by atoms with E-state index in [1.54, 1.807) is 16.4 Å². The van der Waals surface area contributed by atoms with E-state index >= 15 is 0 Å². The average Bonchev–Trinajstić information content (AvgIpc) is 3.01. The molecule has 0 amide bonds. The number of aromatic carboxylic acids is 1. The fourth-order valence-corrected chi connectivity index (χ4v) is 7.13. The van der Waals surface area contributed by atoms with Crippen molar-refractivity contribution in [3.05, 3.63) is 60.3 Å². The van der Waals surface area contributed by atoms with E-state index < -0.39 is 16.0 Å². The zero-order valence-electron chi connectivity index (χ0n) is 25.6. The third-order valence-corrected chi connectivity index (χ3v) is 9.91. The second-order valence-corrected chi connectivity index (χ2v) is 13.1. The van der Waals surface area contributed by atoms with Crippen LogP contribution in [0.4, 0.5) is 5.69 Å². The van der Waals surface area contributed by atoms with Crippen LogP contribution in [0.3, 0.4) is 0 Å². The fourth-order valence-electron chi connectivity index (χ4n) is 5.46. The van der Waals surface area contributed by atoms with Crippen LogP contribution in [0.5, 0.6) is 5.88 Å². The Balaban J connectivity index is 1.30. The molecule has 1 aliphatic heterocycles. The zero-order valence-corrected chi connectivity index (χ0v) is 26.4. The largest absolute Gasteiger partial charge is 0.478 e. The summed E-state index contributed by atoms with van der Waals surface area (Å²) < 4.78 is 35.5. The van der Waals surface area contributed by atoms with Crippen LogP contribution in [0.15, 0.2) is 59.6 Å². The Morgan fingerprint density at radius 3 is 2.26 bits per heavy atom. The topological polar surface area (TPSA) is 107 Å². The number of piperazine rings is 1. The summed E-state index contributed by atoms with van der Waals surface area (Å²) >= 11 is 0. The van der Waals surface area contributed by atoms with Gasteiger partial charge in [-0.3, -0.25) is 4.90 Å². The van der Waals surface area contributed by atoms with Crippen molar-refractivity contribution in [1.29, 1.82) is 0 Å². The molecule has 0 atom stereocenters. The van der Waals surface area contributed by atoms with Gasteiger partial charge in [0, 0.05) is 95.2 Å². The molecule has 10 nitrogen and oxygen atoms in total. The van der Waals surface area contributed by atoms with E-state index in [4.69, 9.17) is 9.84 Å². The van der Waals surface area contributed by atoms with Gasteiger partial charge in [0.05, 0.1) is 17.1 Å². The summed E-state index contributed by atoms with van der Waals surface area (Å²) in [6.07, 6.45) is 5.02. The zero-order chi connectivity index (χ0) is 30.8. The fraction of sp³-hybridized carbons (Fsp3) is 0.500. The number of hydrogen-bond donors (Lipinski definition) is 1. The third-order valence-electron chi connectivity index (χ3n) is 7.95. The number of rotatable bonds is 16. The number of nitrogens with zero attached hydrogens (tertiary/aromatic N) is 5. The summed E-state index contributed by atoms with van der Waals surface area (Å²) in [6.45, 7) is 8.86. The lowest BCUT2D eigenvalue weighted by Crippen LogP contribution is -2.49. The monoisotopic (exact) mass is 611 g/mol. The quantitative estimate of drug-likeness (QED) is 0.238. The van der Waals surface area contributed by atoms with Gasteiger partial charge in [-0.15, -0.1) is 0 Å². The van der Waals surface area contributed by atoms with Crippen LogP contribution >= 0.6 is 0 Å². The van der Waals surface area contributed by atoms with Gasteiger partial charge in [0.2, 0.25) is 15.9 Å². The highest BCUT2D eigenvalue weighted by molar-refractivity contribution is 7.89. The Morgan fingerprint density at radius 2 is 1.60 bits per heavy atom. The Morgan fingerprint density at radius 1 is 0.907 bits per heavy atom. The molecule has 0 aliphatic carbocycles. The first kappa shape index (κ1) is 32.7. The highest BCUT2D eigenvalue weighted by atomic mass is 32.2. The van der Waals surface area contributed by atoms with Crippen LogP contribution in [-0.4, -0.2) is 112 Å². The highest BCUT2D eigenvalue weighted by Gasteiger charge is 2.27. The predicted molar refractivity (Wildman–Crippen MR) is 171 cm³/mol. The number of benzene rings is 2. The average molecular weight is 612 g/mol. The molecule has 4 rings (SSSR count). The van der Waals surface area contributed by atoms with Gasteiger partial charge < -0.3 is 19.6 Å². The van der Waals surface area contributed by atoms with Crippen molar-refractivity contribution in [2.24, 2.45) is 0 Å². The number of carbonyl (C=O) groups is 1. The lowest BCUT2D eigenvalue weighted by atomic mass is 10.1. The number of hydrogen-bond acceptors (Lipinski definition) is 8. The Labute approximate surface area is 255 Å². The second kappa shape index (κ2) is 15.5. The second-order valence-electron chi connectivity index (χ2n) is 11.2. The lowest BCUT2D eigenvalue weighted by molar-refractivity contribution is 0.0696. The molecule has 1 aromatic heterocycles. The maximum absolute atomic E-state index is 14.1. The number of sulfonamides is 1. The van der Waals surface area contributed by atoms with Crippen molar-refractivity contribution >= 4 is 32.5 Å². The van der Waals surface area contributed by atoms with Gasteiger partial charge >= 0.3 is 5.97 Å². The Kier molecular flexibility index (Phi) is 11.7. The van der Waals surface area contributed by atoms with Crippen LogP contribution in [0.25, 0.3) is 10.8 Å². The van der Waals surface area contributed by atoms with E-state index in [1.807, 2.05) is 49.3 Å². The first-order valence-corrected chi connectivity index (χ1v) is 16.6. The van der Waals surface area contributed by atoms with Crippen molar-refractivity contribution in [2.75, 3.05) is 78.0 Å². The van der Waals surface area contributed by atoms with E-state index in [2.05, 4.69) is 21.7 Å². The smallest absolute Gasteiger partial charge is 0.337 e. The summed E-state index contributed by atoms with van der Waals surface area (Å²) in [7, 11) is 0.272. The number of ether oxygens (including phenoxy) is 1. The molecule has 43 heavy (non-hydrogen) atoms. The summed E-state index contributed by atoms with van der Waals surface area (Å²) in [5, 5.41) is 10.7. The maximum atomic E-state index is 14.1. The molecule has 0 unspecified atom stereocenters. The maximum Gasteiger partial charge on any atom is 0.337 e. The van der Waals surface area contributed by atoms with Gasteiger partial charge in [-0.2, -0.15) is 4.31 Å². The van der Waals surface area contributed by atoms with Crippen molar-refractivity contribution in [3.63, 3.8) is 0 Å².